The van der Waals surface area contributed by atoms with Crippen molar-refractivity contribution in [2.24, 2.45) is 0 Å². The van der Waals surface area contributed by atoms with Crippen molar-refractivity contribution in [3.63, 3.8) is 0 Å². The average molecular weight is 460 g/mol. The van der Waals surface area contributed by atoms with Crippen molar-refractivity contribution < 1.29 is 87.1 Å². The van der Waals surface area contributed by atoms with Crippen LogP contribution >= 0.6 is 0 Å². The van der Waals surface area contributed by atoms with Crippen LogP contribution in [0.5, 0.6) is 0 Å². The molecule has 0 bridgehead atoms. The first-order valence-electron chi connectivity index (χ1n) is 7.70. The van der Waals surface area contributed by atoms with Gasteiger partial charge in [0, 0.05) is 17.1 Å². The molecule has 168 valence electrons. The Bertz CT molecular complexity index is 476. The maximum atomic E-state index is 10.00. The first-order valence-corrected chi connectivity index (χ1v) is 7.70. The second-order valence-corrected chi connectivity index (χ2v) is 5.84. The third-order valence-electron chi connectivity index (χ3n) is 4.07. The number of ether oxygens (including phenoxy) is 3. The molecule has 0 spiro atoms. The van der Waals surface area contributed by atoms with Gasteiger partial charge < -0.3 is 65.3 Å². The van der Waals surface area contributed by atoms with E-state index in [1.54, 1.807) is 0 Å². The van der Waals surface area contributed by atoms with Gasteiger partial charge in [-0.25, -0.2) is 4.79 Å². The quantitative estimate of drug-likeness (QED) is 0.172. The van der Waals surface area contributed by atoms with Crippen LogP contribution in [0.15, 0.2) is 0 Å². The first-order chi connectivity index (χ1) is 12.5. The van der Waals surface area contributed by atoms with E-state index in [4.69, 9.17) is 39.4 Å². The number of aliphatic hydroxyl groups is 8. The normalized spacial score (nSPS) is 42.9. The van der Waals surface area contributed by atoms with Crippen LogP contribution in [0.2, 0.25) is 0 Å². The van der Waals surface area contributed by atoms with Gasteiger partial charge in [0.1, 0.15) is 49.3 Å². The van der Waals surface area contributed by atoms with Crippen LogP contribution in [0, 0.1) is 0 Å². The van der Waals surface area contributed by atoms with Gasteiger partial charge in [-0.2, -0.15) is 0 Å². The van der Waals surface area contributed by atoms with Crippen molar-refractivity contribution in [2.45, 2.75) is 54.8 Å². The Morgan fingerprint density at radius 2 is 1.36 bits per heavy atom. The van der Waals surface area contributed by atoms with E-state index in [0.717, 1.165) is 0 Å². The van der Waals surface area contributed by atoms with Gasteiger partial charge in [-0.15, -0.1) is 0 Å². The summed E-state index contributed by atoms with van der Waals surface area (Å²) in [4.78, 5) is 8.56. The van der Waals surface area contributed by atoms with Crippen LogP contribution in [0.4, 0.5) is 4.79 Å². The van der Waals surface area contributed by atoms with E-state index in [2.05, 4.69) is 0 Å². The Hall–Kier alpha value is -0.651. The molecule has 2 fully saturated rings. The third kappa shape index (κ3) is 5.93. The van der Waals surface area contributed by atoms with E-state index >= 15 is 0 Å². The largest absolute Gasteiger partial charge is 0.503 e. The number of hydrogen-bond acceptors (Lipinski definition) is 12. The fraction of sp³-hybridized carbons (Fsp3) is 0.923. The molecule has 2 heterocycles. The van der Waals surface area contributed by atoms with Gasteiger partial charge in [-0.05, 0) is 0 Å². The summed E-state index contributed by atoms with van der Waals surface area (Å²) >= 11 is 0. The van der Waals surface area contributed by atoms with Crippen molar-refractivity contribution in [1.82, 2.24) is 0 Å². The summed E-state index contributed by atoms with van der Waals surface area (Å²) in [7, 11) is 0. The van der Waals surface area contributed by atoms with Crippen molar-refractivity contribution >= 4 is 6.16 Å². The predicted octanol–water partition coefficient (Wildman–Crippen LogP) is -5.18. The smallest absolute Gasteiger partial charge is 0.450 e. The number of hydrogen-bond donors (Lipinski definition) is 10. The number of carbonyl (C=O) groups is 1. The maximum absolute atomic E-state index is 10.00. The molecule has 0 saturated carbocycles. The van der Waals surface area contributed by atoms with Gasteiger partial charge in [0.15, 0.2) is 6.29 Å². The monoisotopic (exact) mass is 460 g/mol. The number of rotatable bonds is 5. The summed E-state index contributed by atoms with van der Waals surface area (Å²) in [6.45, 7) is -2.32. The summed E-state index contributed by atoms with van der Waals surface area (Å²) in [6.07, 6.45) is -14.5. The Balaban J connectivity index is 0.00000133. The first kappa shape index (κ1) is 27.3. The zero-order chi connectivity index (χ0) is 20.9. The average Bonchev–Trinajstić information content (AvgIpc) is 2.86. The minimum absolute atomic E-state index is 0. The Labute approximate surface area is 168 Å². The molecule has 0 aromatic rings. The van der Waals surface area contributed by atoms with Crippen LogP contribution < -0.4 is 0 Å². The van der Waals surface area contributed by atoms with Crippen LogP contribution in [0.1, 0.15) is 0 Å². The van der Waals surface area contributed by atoms with Crippen molar-refractivity contribution in [3.05, 3.63) is 0 Å². The molecule has 2 aliphatic rings. The van der Waals surface area contributed by atoms with Crippen molar-refractivity contribution in [3.8, 4) is 0 Å². The minimum atomic E-state index is -2.22. The summed E-state index contributed by atoms with van der Waals surface area (Å²) in [6, 6.07) is 0. The minimum Gasteiger partial charge on any atom is -0.450 e. The van der Waals surface area contributed by atoms with Crippen LogP contribution in [-0.2, 0) is 31.3 Å². The van der Waals surface area contributed by atoms with Gasteiger partial charge in [0.2, 0.25) is 5.79 Å². The Morgan fingerprint density at radius 1 is 0.857 bits per heavy atom. The van der Waals surface area contributed by atoms with Gasteiger partial charge in [-0.1, -0.05) is 0 Å². The van der Waals surface area contributed by atoms with E-state index in [1.165, 1.54) is 0 Å². The molecule has 0 aromatic heterocycles. The SMILES string of the molecule is O=C(O)O.OC[C@H]1O[C@@](CO)(O[C@H]2O[C@H](CO)[C@@H](O)[C@H](O)[C@H]2O)[C@@H](O)[C@@H]1O.[Fe]. The molecule has 2 rings (SSSR count). The summed E-state index contributed by atoms with van der Waals surface area (Å²) in [5.41, 5.74) is 0. The molecular formula is C13H24FeO14. The molecule has 14 nitrogen and oxygen atoms in total. The molecular weight excluding hydrogens is 436 g/mol. The number of carboxylic acid groups (broad SMARTS) is 2. The zero-order valence-corrected chi connectivity index (χ0v) is 15.3. The summed E-state index contributed by atoms with van der Waals surface area (Å²) in [5, 5.41) is 90.6. The summed E-state index contributed by atoms with van der Waals surface area (Å²) in [5.74, 6) is -2.22. The van der Waals surface area contributed by atoms with Gasteiger partial charge in [0.25, 0.3) is 0 Å². The van der Waals surface area contributed by atoms with Crippen LogP contribution in [0.3, 0.4) is 0 Å². The van der Waals surface area contributed by atoms with Crippen LogP contribution in [-0.4, -0.2) is 132 Å². The summed E-state index contributed by atoms with van der Waals surface area (Å²) < 4.78 is 15.4. The van der Waals surface area contributed by atoms with Crippen LogP contribution in [0.25, 0.3) is 0 Å². The van der Waals surface area contributed by atoms with Gasteiger partial charge in [-0.3, -0.25) is 0 Å². The molecule has 0 aromatic carbocycles. The predicted molar refractivity (Wildman–Crippen MR) is 79.3 cm³/mol. The molecule has 0 radical (unpaired) electrons. The molecule has 0 aliphatic carbocycles. The van der Waals surface area contributed by atoms with Crippen molar-refractivity contribution in [1.29, 1.82) is 0 Å². The molecule has 0 amide bonds. The molecule has 2 saturated heterocycles. The number of aliphatic hydroxyl groups excluding tert-OH is 8. The van der Waals surface area contributed by atoms with E-state index in [-0.39, 0.29) is 17.1 Å². The molecule has 15 heteroatoms. The van der Waals surface area contributed by atoms with Gasteiger partial charge >= 0.3 is 6.16 Å². The van der Waals surface area contributed by atoms with Crippen molar-refractivity contribution in [2.75, 3.05) is 19.8 Å². The zero-order valence-electron chi connectivity index (χ0n) is 14.2. The van der Waals surface area contributed by atoms with Gasteiger partial charge in [0.05, 0.1) is 13.2 Å². The van der Waals surface area contributed by atoms with E-state index in [0.29, 0.717) is 0 Å². The molecule has 10 N–H and O–H groups in total. The third-order valence-corrected chi connectivity index (χ3v) is 4.07. The topological polar surface area (TPSA) is 247 Å². The second-order valence-electron chi connectivity index (χ2n) is 5.84. The Morgan fingerprint density at radius 3 is 1.75 bits per heavy atom. The second kappa shape index (κ2) is 11.5. The van der Waals surface area contributed by atoms with E-state index in [1.807, 2.05) is 0 Å². The van der Waals surface area contributed by atoms with E-state index in [9.17, 15) is 30.6 Å². The van der Waals surface area contributed by atoms with E-state index < -0.39 is 80.8 Å². The molecule has 2 aliphatic heterocycles. The standard InChI is InChI=1S/C12H22O11.CH2O3.Fe/c13-1-4-6(16)8(18)9(19)11(21-4)23-12(3-15)10(20)7(17)5(2-14)22-12;2-1(3)4;/h4-11,13-20H,1-3H2;(H2,2,3,4);/t4-,5-,6-,7-,8+,9-,10+,11-,12+;;/m1../s1. The molecule has 28 heavy (non-hydrogen) atoms. The molecule has 0 unspecified atom stereocenters. The fourth-order valence-corrected chi connectivity index (χ4v) is 2.63. The molecule has 9 atom stereocenters. The maximum Gasteiger partial charge on any atom is 0.503 e. The Kier molecular flexibility index (Phi) is 11.2. The fourth-order valence-electron chi connectivity index (χ4n) is 2.63.